The van der Waals surface area contributed by atoms with E-state index in [9.17, 15) is 18.0 Å². The molecule has 0 N–H and O–H groups in total. The summed E-state index contributed by atoms with van der Waals surface area (Å²) < 4.78 is 41.8. The van der Waals surface area contributed by atoms with Gasteiger partial charge in [0.15, 0.2) is 0 Å². The number of hydrogen-bond donors (Lipinski definition) is 0. The molecule has 1 aromatic heterocycles. The van der Waals surface area contributed by atoms with Gasteiger partial charge in [-0.2, -0.15) is 13.2 Å². The van der Waals surface area contributed by atoms with Crippen LogP contribution in [-0.2, 0) is 0 Å². The molecule has 2 rings (SSSR count). The average Bonchev–Trinajstić information content (AvgIpc) is 2.39. The van der Waals surface area contributed by atoms with Crippen molar-refractivity contribution in [3.8, 4) is 11.6 Å². The summed E-state index contributed by atoms with van der Waals surface area (Å²) >= 11 is 0. The highest BCUT2D eigenvalue weighted by atomic mass is 19.4. The predicted octanol–water partition coefficient (Wildman–Crippen LogP) is 3.62. The van der Waals surface area contributed by atoms with Crippen LogP contribution in [-0.4, -0.2) is 16.9 Å². The van der Waals surface area contributed by atoms with Gasteiger partial charge >= 0.3 is 6.18 Å². The van der Waals surface area contributed by atoms with Gasteiger partial charge in [0.1, 0.15) is 5.75 Å². The van der Waals surface area contributed by atoms with Crippen molar-refractivity contribution in [2.45, 2.75) is 6.18 Å². The van der Waals surface area contributed by atoms with Crippen molar-refractivity contribution in [2.24, 2.45) is 0 Å². The van der Waals surface area contributed by atoms with Crippen molar-refractivity contribution in [2.75, 3.05) is 0 Å². The summed E-state index contributed by atoms with van der Waals surface area (Å²) in [4.78, 5) is 14.6. The van der Waals surface area contributed by atoms with E-state index < -0.39 is 17.5 Å². The van der Waals surface area contributed by atoms with Crippen molar-refractivity contribution in [1.29, 1.82) is 0 Å². The molecule has 98 valence electrons. The molecule has 3 nitrogen and oxygen atoms in total. The van der Waals surface area contributed by atoms with E-state index in [0.717, 1.165) is 12.3 Å². The number of ether oxygens (including phenoxy) is 1. The molecule has 1 aromatic carbocycles. The summed E-state index contributed by atoms with van der Waals surface area (Å²) in [5.74, 6) is -1.30. The molecule has 0 aliphatic rings. The number of aromatic nitrogens is 1. The first-order valence-corrected chi connectivity index (χ1v) is 5.27. The maximum Gasteiger partial charge on any atom is 0.454 e. The summed E-state index contributed by atoms with van der Waals surface area (Å²) in [5.41, 5.74) is -0.520. The number of nitrogens with zero attached hydrogens (tertiary/aromatic N) is 1. The third-order valence-corrected chi connectivity index (χ3v) is 2.22. The van der Waals surface area contributed by atoms with Gasteiger partial charge in [-0.05, 0) is 18.2 Å². The fraction of sp³-hybridized carbons (Fsp3) is 0.0769. The summed E-state index contributed by atoms with van der Waals surface area (Å²) in [6.07, 6.45) is -4.06. The lowest BCUT2D eigenvalue weighted by molar-refractivity contribution is -0.0885. The molecule has 0 saturated heterocycles. The Morgan fingerprint density at radius 1 is 1.05 bits per heavy atom. The molecule has 0 fully saturated rings. The lowest BCUT2D eigenvalue weighted by Crippen LogP contribution is -2.22. The molecule has 0 aliphatic heterocycles. The molecular formula is C13H8F3NO2. The second-order valence-corrected chi connectivity index (χ2v) is 3.63. The second kappa shape index (κ2) is 5.09. The third kappa shape index (κ3) is 3.31. The van der Waals surface area contributed by atoms with E-state index in [1.165, 1.54) is 6.07 Å². The summed E-state index contributed by atoms with van der Waals surface area (Å²) in [7, 11) is 0. The summed E-state index contributed by atoms with van der Waals surface area (Å²) in [6.45, 7) is 0. The van der Waals surface area contributed by atoms with Crippen molar-refractivity contribution in [1.82, 2.24) is 4.98 Å². The Hall–Kier alpha value is -2.37. The molecule has 6 heteroatoms. The number of alkyl halides is 3. The van der Waals surface area contributed by atoms with Crippen LogP contribution in [0, 0.1) is 0 Å². The zero-order valence-corrected chi connectivity index (χ0v) is 9.52. The van der Waals surface area contributed by atoms with Crippen molar-refractivity contribution < 1.29 is 22.7 Å². The standard InChI is InChI=1S/C13H8F3NO2/c14-13(15,16)12(18)9-6-7-11(17-8-9)19-10-4-2-1-3-5-10/h1-8H. The molecule has 0 aliphatic carbocycles. The zero-order chi connectivity index (χ0) is 13.9. The molecule has 0 bridgehead atoms. The molecule has 0 atom stereocenters. The first-order chi connectivity index (χ1) is 8.97. The van der Waals surface area contributed by atoms with Crippen LogP contribution in [0.25, 0.3) is 0 Å². The monoisotopic (exact) mass is 267 g/mol. The van der Waals surface area contributed by atoms with Gasteiger partial charge in [0, 0.05) is 17.8 Å². The average molecular weight is 267 g/mol. The number of carbonyl (C=O) groups excluding carboxylic acids is 1. The van der Waals surface area contributed by atoms with E-state index in [-0.39, 0.29) is 5.88 Å². The number of para-hydroxylation sites is 1. The highest BCUT2D eigenvalue weighted by Gasteiger charge is 2.39. The zero-order valence-electron chi connectivity index (χ0n) is 9.52. The van der Waals surface area contributed by atoms with Gasteiger partial charge in [-0.25, -0.2) is 4.98 Å². The van der Waals surface area contributed by atoms with Crippen molar-refractivity contribution >= 4 is 5.78 Å². The van der Waals surface area contributed by atoms with Crippen LogP contribution in [0.3, 0.4) is 0 Å². The molecule has 0 amide bonds. The highest BCUT2D eigenvalue weighted by Crippen LogP contribution is 2.23. The molecule has 19 heavy (non-hydrogen) atoms. The normalized spacial score (nSPS) is 11.1. The second-order valence-electron chi connectivity index (χ2n) is 3.63. The lowest BCUT2D eigenvalue weighted by atomic mass is 10.2. The van der Waals surface area contributed by atoms with Gasteiger partial charge in [-0.15, -0.1) is 0 Å². The van der Waals surface area contributed by atoms with Gasteiger partial charge in [-0.3, -0.25) is 4.79 Å². The largest absolute Gasteiger partial charge is 0.454 e. The number of carbonyl (C=O) groups is 1. The van der Waals surface area contributed by atoms with Gasteiger partial charge in [0.05, 0.1) is 0 Å². The molecule has 1 heterocycles. The van der Waals surface area contributed by atoms with Gasteiger partial charge in [-0.1, -0.05) is 18.2 Å². The number of benzene rings is 1. The van der Waals surface area contributed by atoms with E-state index in [1.807, 2.05) is 0 Å². The Bertz CT molecular complexity index is 565. The predicted molar refractivity (Wildman–Crippen MR) is 61.1 cm³/mol. The summed E-state index contributed by atoms with van der Waals surface area (Å²) in [5, 5.41) is 0. The fourth-order valence-corrected chi connectivity index (χ4v) is 1.35. The molecule has 0 saturated carbocycles. The van der Waals surface area contributed by atoms with Crippen LogP contribution in [0.2, 0.25) is 0 Å². The van der Waals surface area contributed by atoms with Crippen LogP contribution in [0.4, 0.5) is 13.2 Å². The molecule has 0 unspecified atom stereocenters. The van der Waals surface area contributed by atoms with Crippen LogP contribution in [0.5, 0.6) is 11.6 Å². The topological polar surface area (TPSA) is 39.2 Å². The minimum atomic E-state index is -4.90. The quantitative estimate of drug-likeness (QED) is 0.797. The first kappa shape index (κ1) is 13.1. The van der Waals surface area contributed by atoms with Crippen LogP contribution < -0.4 is 4.74 Å². The van der Waals surface area contributed by atoms with E-state index in [0.29, 0.717) is 5.75 Å². The van der Waals surface area contributed by atoms with Crippen molar-refractivity contribution in [3.05, 3.63) is 54.2 Å². The van der Waals surface area contributed by atoms with Crippen molar-refractivity contribution in [3.63, 3.8) is 0 Å². The van der Waals surface area contributed by atoms with Gasteiger partial charge in [0.25, 0.3) is 5.78 Å². The van der Waals surface area contributed by atoms with Crippen LogP contribution in [0.1, 0.15) is 10.4 Å². The summed E-state index contributed by atoms with van der Waals surface area (Å²) in [6, 6.07) is 10.9. The Kier molecular flexibility index (Phi) is 3.50. The Labute approximate surface area is 106 Å². The van der Waals surface area contributed by atoms with E-state index >= 15 is 0 Å². The minimum absolute atomic E-state index is 0.116. The molecular weight excluding hydrogens is 259 g/mol. The number of hydrogen-bond acceptors (Lipinski definition) is 3. The molecule has 2 aromatic rings. The number of pyridine rings is 1. The SMILES string of the molecule is O=C(c1ccc(Oc2ccccc2)nc1)C(F)(F)F. The molecule has 0 spiro atoms. The number of ketones is 1. The maximum atomic E-state index is 12.2. The van der Waals surface area contributed by atoms with Gasteiger partial charge in [0.2, 0.25) is 5.88 Å². The highest BCUT2D eigenvalue weighted by molar-refractivity contribution is 5.99. The van der Waals surface area contributed by atoms with E-state index in [1.54, 1.807) is 30.3 Å². The maximum absolute atomic E-state index is 12.2. The van der Waals surface area contributed by atoms with Crippen LogP contribution >= 0.6 is 0 Å². The first-order valence-electron chi connectivity index (χ1n) is 5.27. The van der Waals surface area contributed by atoms with E-state index in [4.69, 9.17) is 4.74 Å². The smallest absolute Gasteiger partial charge is 0.439 e. The molecule has 0 radical (unpaired) electrons. The Balaban J connectivity index is 2.13. The Morgan fingerprint density at radius 3 is 2.26 bits per heavy atom. The number of rotatable bonds is 3. The van der Waals surface area contributed by atoms with Gasteiger partial charge < -0.3 is 4.74 Å². The Morgan fingerprint density at radius 2 is 1.74 bits per heavy atom. The van der Waals surface area contributed by atoms with E-state index in [2.05, 4.69) is 4.98 Å². The fourth-order valence-electron chi connectivity index (χ4n) is 1.35. The number of Topliss-reactive ketones (excluding diaryl/α,β-unsaturated/α-hetero) is 1. The third-order valence-electron chi connectivity index (χ3n) is 2.22. The minimum Gasteiger partial charge on any atom is -0.439 e. The van der Waals surface area contributed by atoms with Crippen LogP contribution in [0.15, 0.2) is 48.7 Å². The number of halogens is 3. The lowest BCUT2D eigenvalue weighted by Gasteiger charge is -2.06.